The lowest BCUT2D eigenvalue weighted by Gasteiger charge is -2.19. The summed E-state index contributed by atoms with van der Waals surface area (Å²) in [5.74, 6) is 0.857. The minimum atomic E-state index is -0.170. The molecule has 1 aromatic rings. The van der Waals surface area contributed by atoms with E-state index in [-0.39, 0.29) is 12.0 Å². The minimum absolute atomic E-state index is 0.170. The van der Waals surface area contributed by atoms with Crippen LogP contribution in [0.3, 0.4) is 0 Å². The van der Waals surface area contributed by atoms with Gasteiger partial charge >= 0.3 is 0 Å². The smallest absolute Gasteiger partial charge is 0.159 e. The van der Waals surface area contributed by atoms with Crippen molar-refractivity contribution in [2.24, 2.45) is 5.92 Å². The third-order valence-electron chi connectivity index (χ3n) is 2.29. The molecule has 0 bridgehead atoms. The second-order valence-electron chi connectivity index (χ2n) is 3.97. The molecule has 17 heavy (non-hydrogen) atoms. The number of methoxy groups -OCH3 is 2. The average Bonchev–Trinajstić information content (AvgIpc) is 2.26. The van der Waals surface area contributed by atoms with Crippen LogP contribution < -0.4 is 0 Å². The molecule has 96 valence electrons. The lowest BCUT2D eigenvalue weighted by molar-refractivity contribution is 0.0568. The molecule has 1 aromatic heterocycles. The molecule has 0 aliphatic rings. The van der Waals surface area contributed by atoms with Crippen LogP contribution in [0, 0.1) is 5.92 Å². The topological polar surface area (TPSA) is 44.2 Å². The van der Waals surface area contributed by atoms with Gasteiger partial charge in [-0.1, -0.05) is 25.4 Å². The maximum absolute atomic E-state index is 6.05. The number of nitrogens with zero attached hydrogens (tertiary/aromatic N) is 2. The number of aromatic nitrogens is 2. The fourth-order valence-corrected chi connectivity index (χ4v) is 2.00. The first-order valence-electron chi connectivity index (χ1n) is 5.24. The third kappa shape index (κ3) is 3.61. The van der Waals surface area contributed by atoms with Crippen LogP contribution in [0.4, 0.5) is 0 Å². The van der Waals surface area contributed by atoms with Crippen LogP contribution in [0.15, 0.2) is 4.47 Å². The second-order valence-corrected chi connectivity index (χ2v) is 5.12. The van der Waals surface area contributed by atoms with E-state index in [4.69, 9.17) is 21.1 Å². The largest absolute Gasteiger partial charge is 0.378 e. The Labute approximate surface area is 115 Å². The predicted octanol–water partition coefficient (Wildman–Crippen LogP) is 3.38. The van der Waals surface area contributed by atoms with E-state index < -0.39 is 0 Å². The van der Waals surface area contributed by atoms with Gasteiger partial charge < -0.3 is 9.47 Å². The Kier molecular flexibility index (Phi) is 5.79. The van der Waals surface area contributed by atoms with Crippen LogP contribution in [-0.2, 0) is 16.1 Å². The molecule has 0 aliphatic carbocycles. The molecule has 0 N–H and O–H groups in total. The van der Waals surface area contributed by atoms with Crippen LogP contribution in [0.5, 0.6) is 0 Å². The first-order valence-corrected chi connectivity index (χ1v) is 6.41. The van der Waals surface area contributed by atoms with Gasteiger partial charge in [-0.2, -0.15) is 0 Å². The molecule has 1 unspecified atom stereocenters. The van der Waals surface area contributed by atoms with Gasteiger partial charge in [-0.3, -0.25) is 0 Å². The Morgan fingerprint density at radius 2 is 1.94 bits per heavy atom. The van der Waals surface area contributed by atoms with Gasteiger partial charge in [0.15, 0.2) is 5.82 Å². The van der Waals surface area contributed by atoms with E-state index >= 15 is 0 Å². The van der Waals surface area contributed by atoms with E-state index in [1.165, 1.54) is 0 Å². The summed E-state index contributed by atoms with van der Waals surface area (Å²) in [6.45, 7) is 4.47. The van der Waals surface area contributed by atoms with Crippen molar-refractivity contribution in [2.75, 3.05) is 14.2 Å². The highest BCUT2D eigenvalue weighted by molar-refractivity contribution is 9.10. The van der Waals surface area contributed by atoms with Crippen LogP contribution in [-0.4, -0.2) is 24.2 Å². The Bertz CT molecular complexity index is 388. The number of halogens is 2. The maximum Gasteiger partial charge on any atom is 0.159 e. The average molecular weight is 324 g/mol. The van der Waals surface area contributed by atoms with Crippen molar-refractivity contribution >= 4 is 27.5 Å². The van der Waals surface area contributed by atoms with Crippen molar-refractivity contribution in [1.29, 1.82) is 0 Å². The fourth-order valence-electron chi connectivity index (χ4n) is 1.52. The summed E-state index contributed by atoms with van der Waals surface area (Å²) >= 11 is 9.40. The van der Waals surface area contributed by atoms with Crippen LogP contribution in [0.2, 0.25) is 5.15 Å². The molecule has 4 nitrogen and oxygen atoms in total. The van der Waals surface area contributed by atoms with Crippen molar-refractivity contribution < 1.29 is 9.47 Å². The molecule has 1 heterocycles. The van der Waals surface area contributed by atoms with Gasteiger partial charge in [0, 0.05) is 14.2 Å². The van der Waals surface area contributed by atoms with E-state index in [0.717, 1.165) is 5.69 Å². The first kappa shape index (κ1) is 14.8. The summed E-state index contributed by atoms with van der Waals surface area (Å²) in [4.78, 5) is 8.66. The van der Waals surface area contributed by atoms with Crippen molar-refractivity contribution in [3.63, 3.8) is 0 Å². The van der Waals surface area contributed by atoms with E-state index in [0.29, 0.717) is 22.1 Å². The summed E-state index contributed by atoms with van der Waals surface area (Å²) < 4.78 is 11.1. The molecule has 0 saturated carbocycles. The normalized spacial score (nSPS) is 13.1. The summed E-state index contributed by atoms with van der Waals surface area (Å²) in [7, 11) is 3.25. The highest BCUT2D eigenvalue weighted by atomic mass is 79.9. The molecule has 0 aliphatic heterocycles. The van der Waals surface area contributed by atoms with Crippen LogP contribution >= 0.6 is 27.5 Å². The predicted molar refractivity (Wildman–Crippen MR) is 70.0 cm³/mol. The molecule has 0 amide bonds. The number of hydrogen-bond acceptors (Lipinski definition) is 4. The van der Waals surface area contributed by atoms with E-state index in [1.807, 2.05) is 13.8 Å². The molecular formula is C11H16BrClN2O2. The second kappa shape index (κ2) is 6.64. The zero-order valence-corrected chi connectivity index (χ0v) is 12.7. The van der Waals surface area contributed by atoms with Crippen LogP contribution in [0.25, 0.3) is 0 Å². The first-order chi connectivity index (χ1) is 8.01. The van der Waals surface area contributed by atoms with Crippen molar-refractivity contribution in [3.8, 4) is 0 Å². The number of rotatable bonds is 5. The Balaban J connectivity index is 3.16. The lowest BCUT2D eigenvalue weighted by atomic mass is 10.1. The SMILES string of the molecule is COCc1nc(C(OC)C(C)C)nc(Cl)c1Br. The van der Waals surface area contributed by atoms with Crippen molar-refractivity contribution in [2.45, 2.75) is 26.6 Å². The summed E-state index contributed by atoms with van der Waals surface area (Å²) in [6, 6.07) is 0. The van der Waals surface area contributed by atoms with Crippen LogP contribution in [0.1, 0.15) is 31.5 Å². The maximum atomic E-state index is 6.05. The van der Waals surface area contributed by atoms with Gasteiger partial charge in [-0.15, -0.1) is 0 Å². The molecule has 0 radical (unpaired) electrons. The molecule has 0 fully saturated rings. The monoisotopic (exact) mass is 322 g/mol. The van der Waals surface area contributed by atoms with Gasteiger partial charge in [-0.05, 0) is 21.8 Å². The number of ether oxygens (including phenoxy) is 2. The van der Waals surface area contributed by atoms with Gasteiger partial charge in [0.05, 0.1) is 16.8 Å². The van der Waals surface area contributed by atoms with E-state index in [2.05, 4.69) is 25.9 Å². The van der Waals surface area contributed by atoms with Gasteiger partial charge in [0.25, 0.3) is 0 Å². The number of hydrogen-bond donors (Lipinski definition) is 0. The molecular weight excluding hydrogens is 307 g/mol. The Morgan fingerprint density at radius 1 is 1.29 bits per heavy atom. The highest BCUT2D eigenvalue weighted by Gasteiger charge is 2.21. The fraction of sp³-hybridized carbons (Fsp3) is 0.636. The van der Waals surface area contributed by atoms with Gasteiger partial charge in [0.2, 0.25) is 0 Å². The zero-order chi connectivity index (χ0) is 13.0. The Hall–Kier alpha value is -0.230. The summed E-state index contributed by atoms with van der Waals surface area (Å²) in [5, 5.41) is 0.379. The highest BCUT2D eigenvalue weighted by Crippen LogP contribution is 2.29. The Morgan fingerprint density at radius 3 is 2.41 bits per heavy atom. The third-order valence-corrected chi connectivity index (χ3v) is 3.63. The lowest BCUT2D eigenvalue weighted by Crippen LogP contribution is -2.14. The molecule has 0 spiro atoms. The molecule has 1 atom stereocenters. The van der Waals surface area contributed by atoms with E-state index in [1.54, 1.807) is 14.2 Å². The minimum Gasteiger partial charge on any atom is -0.378 e. The summed E-state index contributed by atoms with van der Waals surface area (Å²) in [6.07, 6.45) is -0.170. The molecule has 0 aromatic carbocycles. The van der Waals surface area contributed by atoms with Gasteiger partial charge in [0.1, 0.15) is 11.3 Å². The van der Waals surface area contributed by atoms with Crippen molar-refractivity contribution in [1.82, 2.24) is 9.97 Å². The zero-order valence-electron chi connectivity index (χ0n) is 10.3. The standard InChI is InChI=1S/C11H16BrClN2O2/c1-6(2)9(17-4)11-14-7(5-16-3)8(12)10(13)15-11/h6,9H,5H2,1-4H3. The molecule has 1 rings (SSSR count). The quantitative estimate of drug-likeness (QED) is 0.779. The summed E-state index contributed by atoms with van der Waals surface area (Å²) in [5.41, 5.74) is 0.727. The van der Waals surface area contributed by atoms with Gasteiger partial charge in [-0.25, -0.2) is 9.97 Å². The van der Waals surface area contributed by atoms with E-state index in [9.17, 15) is 0 Å². The van der Waals surface area contributed by atoms with Crippen molar-refractivity contribution in [3.05, 3.63) is 21.1 Å². The molecule has 0 saturated heterocycles. The molecule has 6 heteroatoms.